The molecule has 0 aromatic heterocycles. The van der Waals surface area contributed by atoms with Crippen molar-refractivity contribution in [2.45, 2.75) is 37.3 Å². The Morgan fingerprint density at radius 3 is 2.67 bits per heavy atom. The lowest BCUT2D eigenvalue weighted by atomic mass is 10.1. The molecule has 1 aromatic rings. The third-order valence-electron chi connectivity index (χ3n) is 3.93. The summed E-state index contributed by atoms with van der Waals surface area (Å²) in [5.74, 6) is 1.28. The molecule has 0 bridgehead atoms. The predicted octanol–water partition coefficient (Wildman–Crippen LogP) is 1.71. The van der Waals surface area contributed by atoms with Crippen molar-refractivity contribution >= 4 is 9.84 Å². The van der Waals surface area contributed by atoms with E-state index < -0.39 is 9.84 Å². The maximum Gasteiger partial charge on any atom is 0.151 e. The van der Waals surface area contributed by atoms with E-state index in [0.717, 1.165) is 19.3 Å². The van der Waals surface area contributed by atoms with Crippen molar-refractivity contribution in [3.8, 4) is 0 Å². The lowest BCUT2D eigenvalue weighted by Gasteiger charge is -2.23. The van der Waals surface area contributed by atoms with Crippen LogP contribution in [0.25, 0.3) is 0 Å². The largest absolute Gasteiger partial charge is 0.310 e. The quantitative estimate of drug-likeness (QED) is 0.905. The Bertz CT molecular complexity index is 512. The molecule has 1 aromatic carbocycles. The van der Waals surface area contributed by atoms with Crippen LogP contribution in [0.2, 0.25) is 0 Å². The van der Waals surface area contributed by atoms with Crippen LogP contribution in [0.5, 0.6) is 0 Å². The number of nitrogens with one attached hydrogen (secondary N) is 1. The maximum absolute atomic E-state index is 11.6. The van der Waals surface area contributed by atoms with Crippen LogP contribution < -0.4 is 5.32 Å². The molecule has 1 saturated heterocycles. The number of hydrogen-bond acceptors (Lipinski definition) is 3. The van der Waals surface area contributed by atoms with Crippen LogP contribution >= 0.6 is 0 Å². The van der Waals surface area contributed by atoms with E-state index >= 15 is 0 Å². The highest BCUT2D eigenvalue weighted by Gasteiger charge is 2.40. The Balaban J connectivity index is 1.57. The number of benzene rings is 1. The average molecular weight is 265 g/mol. The molecule has 0 spiro atoms. The Labute approximate surface area is 109 Å². The molecule has 0 radical (unpaired) electrons. The monoisotopic (exact) mass is 265 g/mol. The first kappa shape index (κ1) is 12.2. The summed E-state index contributed by atoms with van der Waals surface area (Å²) in [6.07, 6.45) is 2.94. The lowest BCUT2D eigenvalue weighted by Crippen LogP contribution is -2.41. The van der Waals surface area contributed by atoms with Gasteiger partial charge in [-0.25, -0.2) is 8.42 Å². The van der Waals surface area contributed by atoms with Gasteiger partial charge in [0.2, 0.25) is 0 Å². The van der Waals surface area contributed by atoms with Crippen molar-refractivity contribution in [1.29, 1.82) is 0 Å². The van der Waals surface area contributed by atoms with Crippen LogP contribution in [0.3, 0.4) is 0 Å². The van der Waals surface area contributed by atoms with Crippen LogP contribution in [0.1, 0.15) is 30.7 Å². The van der Waals surface area contributed by atoms with Crippen LogP contribution in [0, 0.1) is 0 Å². The summed E-state index contributed by atoms with van der Waals surface area (Å²) in [4.78, 5) is 0. The maximum atomic E-state index is 11.6. The van der Waals surface area contributed by atoms with Gasteiger partial charge in [-0.05, 0) is 24.8 Å². The Kier molecular flexibility index (Phi) is 3.16. The zero-order chi connectivity index (χ0) is 12.6. The molecule has 98 valence electrons. The normalized spacial score (nSPS) is 34.1. The Hall–Kier alpha value is -0.870. The molecular formula is C14H19NO2S. The second-order valence-corrected chi connectivity index (χ2v) is 7.71. The van der Waals surface area contributed by atoms with E-state index in [9.17, 15) is 8.42 Å². The summed E-state index contributed by atoms with van der Waals surface area (Å²) in [7, 11) is -2.79. The fraction of sp³-hybridized carbons (Fsp3) is 0.571. The van der Waals surface area contributed by atoms with E-state index in [1.54, 1.807) is 0 Å². The lowest BCUT2D eigenvalue weighted by molar-refractivity contribution is 0.475. The Morgan fingerprint density at radius 2 is 1.94 bits per heavy atom. The fourth-order valence-electron chi connectivity index (χ4n) is 2.90. The first-order valence-corrected chi connectivity index (χ1v) is 8.48. The van der Waals surface area contributed by atoms with Crippen molar-refractivity contribution in [3.05, 3.63) is 35.9 Å². The molecule has 1 N–H and O–H groups in total. The summed E-state index contributed by atoms with van der Waals surface area (Å²) in [5.41, 5.74) is 1.37. The summed E-state index contributed by atoms with van der Waals surface area (Å²) < 4.78 is 23.1. The van der Waals surface area contributed by atoms with E-state index in [0.29, 0.717) is 23.5 Å². The summed E-state index contributed by atoms with van der Waals surface area (Å²) in [6, 6.07) is 11.1. The molecule has 3 atom stereocenters. The predicted molar refractivity (Wildman–Crippen MR) is 72.4 cm³/mol. The highest BCUT2D eigenvalue weighted by molar-refractivity contribution is 7.91. The highest BCUT2D eigenvalue weighted by Crippen LogP contribution is 2.41. The zero-order valence-electron chi connectivity index (χ0n) is 10.4. The SMILES string of the molecule is O=S1(=O)CCCC(NC2CC2c2ccccc2)C1. The summed E-state index contributed by atoms with van der Waals surface area (Å²) >= 11 is 0. The minimum atomic E-state index is -2.79. The third-order valence-corrected chi connectivity index (χ3v) is 5.75. The third kappa shape index (κ3) is 2.75. The van der Waals surface area contributed by atoms with Crippen molar-refractivity contribution in [2.75, 3.05) is 11.5 Å². The second-order valence-electron chi connectivity index (χ2n) is 5.48. The average Bonchev–Trinajstić information content (AvgIpc) is 3.08. The molecule has 2 fully saturated rings. The van der Waals surface area contributed by atoms with E-state index in [2.05, 4.69) is 29.6 Å². The second kappa shape index (κ2) is 4.67. The van der Waals surface area contributed by atoms with Gasteiger partial charge in [-0.3, -0.25) is 0 Å². The number of hydrogen-bond donors (Lipinski definition) is 1. The van der Waals surface area contributed by atoms with Gasteiger partial charge in [-0.2, -0.15) is 0 Å². The van der Waals surface area contributed by atoms with Gasteiger partial charge in [-0.15, -0.1) is 0 Å². The molecule has 3 rings (SSSR count). The zero-order valence-corrected chi connectivity index (χ0v) is 11.2. The van der Waals surface area contributed by atoms with E-state index in [1.165, 1.54) is 5.56 Å². The molecule has 1 heterocycles. The van der Waals surface area contributed by atoms with E-state index in [-0.39, 0.29) is 6.04 Å². The summed E-state index contributed by atoms with van der Waals surface area (Å²) in [6.45, 7) is 0. The van der Waals surface area contributed by atoms with Crippen LogP contribution in [-0.2, 0) is 9.84 Å². The number of rotatable bonds is 3. The smallest absolute Gasteiger partial charge is 0.151 e. The topological polar surface area (TPSA) is 46.2 Å². The van der Waals surface area contributed by atoms with Gasteiger partial charge >= 0.3 is 0 Å². The highest BCUT2D eigenvalue weighted by atomic mass is 32.2. The van der Waals surface area contributed by atoms with Gasteiger partial charge in [-0.1, -0.05) is 30.3 Å². The minimum absolute atomic E-state index is 0.169. The molecular weight excluding hydrogens is 246 g/mol. The van der Waals surface area contributed by atoms with Crippen LogP contribution in [0.15, 0.2) is 30.3 Å². The Morgan fingerprint density at radius 1 is 1.17 bits per heavy atom. The molecule has 3 nitrogen and oxygen atoms in total. The minimum Gasteiger partial charge on any atom is -0.310 e. The van der Waals surface area contributed by atoms with E-state index in [1.807, 2.05) is 6.07 Å². The molecule has 0 amide bonds. The molecule has 3 unspecified atom stereocenters. The fourth-order valence-corrected chi connectivity index (χ4v) is 4.55. The van der Waals surface area contributed by atoms with Gasteiger partial charge in [0.05, 0.1) is 11.5 Å². The first-order chi connectivity index (χ1) is 8.64. The van der Waals surface area contributed by atoms with Crippen molar-refractivity contribution < 1.29 is 8.42 Å². The molecule has 18 heavy (non-hydrogen) atoms. The van der Waals surface area contributed by atoms with E-state index in [4.69, 9.17) is 0 Å². The first-order valence-electron chi connectivity index (χ1n) is 6.65. The molecule has 1 aliphatic carbocycles. The summed E-state index contributed by atoms with van der Waals surface area (Å²) in [5, 5.41) is 3.52. The van der Waals surface area contributed by atoms with Crippen LogP contribution in [-0.4, -0.2) is 32.0 Å². The molecule has 1 aliphatic heterocycles. The van der Waals surface area contributed by atoms with Gasteiger partial charge in [0, 0.05) is 18.0 Å². The van der Waals surface area contributed by atoms with Crippen molar-refractivity contribution in [1.82, 2.24) is 5.32 Å². The van der Waals surface area contributed by atoms with Gasteiger partial charge in [0.25, 0.3) is 0 Å². The van der Waals surface area contributed by atoms with Gasteiger partial charge in [0.1, 0.15) is 0 Å². The van der Waals surface area contributed by atoms with Crippen molar-refractivity contribution in [3.63, 3.8) is 0 Å². The molecule has 1 saturated carbocycles. The molecule has 2 aliphatic rings. The van der Waals surface area contributed by atoms with Crippen LogP contribution in [0.4, 0.5) is 0 Å². The van der Waals surface area contributed by atoms with Gasteiger partial charge < -0.3 is 5.32 Å². The standard InChI is InChI=1S/C14H19NO2S/c16-18(17)8-4-7-12(10-18)15-14-9-13(14)11-5-2-1-3-6-11/h1-3,5-6,12-15H,4,7-10H2. The van der Waals surface area contributed by atoms with Crippen molar-refractivity contribution in [2.24, 2.45) is 0 Å². The van der Waals surface area contributed by atoms with Gasteiger partial charge in [0.15, 0.2) is 9.84 Å². The number of sulfone groups is 1. The molecule has 4 heteroatoms.